The summed E-state index contributed by atoms with van der Waals surface area (Å²) < 4.78 is 0. The molecule has 2 saturated carbocycles. The number of hydrogen-bond donors (Lipinski definition) is 1. The first kappa shape index (κ1) is 12.0. The SMILES string of the molecule is C1CCCCC1.OOC1CCCCC1. The Morgan fingerprint density at radius 1 is 0.643 bits per heavy atom. The van der Waals surface area contributed by atoms with Crippen LogP contribution in [0.2, 0.25) is 0 Å². The lowest BCUT2D eigenvalue weighted by molar-refractivity contribution is -0.283. The highest BCUT2D eigenvalue weighted by atomic mass is 17.1. The molecule has 0 radical (unpaired) electrons. The van der Waals surface area contributed by atoms with Crippen molar-refractivity contribution >= 4 is 0 Å². The van der Waals surface area contributed by atoms with E-state index in [2.05, 4.69) is 4.89 Å². The van der Waals surface area contributed by atoms with E-state index in [0.717, 1.165) is 12.8 Å². The molecule has 0 aliphatic heterocycles. The third kappa shape index (κ3) is 5.61. The molecule has 1 N–H and O–H groups in total. The smallest absolute Gasteiger partial charge is 0.0927 e. The zero-order chi connectivity index (χ0) is 10.1. The molecular formula is C12H24O2. The molecule has 0 bridgehead atoms. The van der Waals surface area contributed by atoms with Crippen LogP contribution >= 0.6 is 0 Å². The van der Waals surface area contributed by atoms with Gasteiger partial charge in [-0.3, -0.25) is 5.26 Å². The van der Waals surface area contributed by atoms with Crippen LogP contribution in [0.1, 0.15) is 70.6 Å². The molecule has 2 nitrogen and oxygen atoms in total. The van der Waals surface area contributed by atoms with Gasteiger partial charge in [-0.25, -0.2) is 4.89 Å². The number of hydrogen-bond acceptors (Lipinski definition) is 2. The van der Waals surface area contributed by atoms with Crippen molar-refractivity contribution in [1.29, 1.82) is 0 Å². The molecule has 0 saturated heterocycles. The van der Waals surface area contributed by atoms with Crippen LogP contribution in [0, 0.1) is 0 Å². The molecule has 2 heteroatoms. The van der Waals surface area contributed by atoms with Crippen molar-refractivity contribution < 1.29 is 10.1 Å². The summed E-state index contributed by atoms with van der Waals surface area (Å²) in [5.74, 6) is 0. The van der Waals surface area contributed by atoms with Crippen LogP contribution in [0.25, 0.3) is 0 Å². The van der Waals surface area contributed by atoms with Crippen molar-refractivity contribution in [1.82, 2.24) is 0 Å². The van der Waals surface area contributed by atoms with Crippen molar-refractivity contribution in [2.24, 2.45) is 0 Å². The van der Waals surface area contributed by atoms with E-state index in [4.69, 9.17) is 5.26 Å². The Morgan fingerprint density at radius 2 is 1.00 bits per heavy atom. The summed E-state index contributed by atoms with van der Waals surface area (Å²) in [7, 11) is 0. The Kier molecular flexibility index (Phi) is 7.06. The van der Waals surface area contributed by atoms with E-state index >= 15 is 0 Å². The van der Waals surface area contributed by atoms with Crippen LogP contribution in [0.3, 0.4) is 0 Å². The lowest BCUT2D eigenvalue weighted by Gasteiger charge is -2.17. The summed E-state index contributed by atoms with van der Waals surface area (Å²) >= 11 is 0. The average molecular weight is 200 g/mol. The molecule has 0 atom stereocenters. The van der Waals surface area contributed by atoms with Crippen molar-refractivity contribution in [3.05, 3.63) is 0 Å². The second kappa shape index (κ2) is 8.25. The summed E-state index contributed by atoms with van der Waals surface area (Å²) in [6.45, 7) is 0. The predicted molar refractivity (Wildman–Crippen MR) is 58.3 cm³/mol. The molecule has 0 amide bonds. The van der Waals surface area contributed by atoms with Gasteiger partial charge in [-0.2, -0.15) is 0 Å². The average Bonchev–Trinajstić information content (AvgIpc) is 2.33. The fourth-order valence-corrected chi connectivity index (χ4v) is 2.23. The van der Waals surface area contributed by atoms with Gasteiger partial charge in [-0.15, -0.1) is 0 Å². The molecule has 0 aromatic carbocycles. The van der Waals surface area contributed by atoms with Gasteiger partial charge < -0.3 is 0 Å². The van der Waals surface area contributed by atoms with Gasteiger partial charge in [-0.1, -0.05) is 57.8 Å². The normalized spacial score (nSPS) is 23.8. The second-order valence-corrected chi connectivity index (χ2v) is 4.49. The quantitative estimate of drug-likeness (QED) is 0.509. The maximum Gasteiger partial charge on any atom is 0.0927 e. The molecule has 14 heavy (non-hydrogen) atoms. The maximum atomic E-state index is 8.19. The second-order valence-electron chi connectivity index (χ2n) is 4.49. The van der Waals surface area contributed by atoms with Gasteiger partial charge in [0.1, 0.15) is 0 Å². The largest absolute Gasteiger partial charge is 0.252 e. The van der Waals surface area contributed by atoms with Crippen molar-refractivity contribution in [2.75, 3.05) is 0 Å². The topological polar surface area (TPSA) is 29.5 Å². The molecule has 2 fully saturated rings. The van der Waals surface area contributed by atoms with Crippen LogP contribution in [0.15, 0.2) is 0 Å². The zero-order valence-corrected chi connectivity index (χ0v) is 9.21. The Hall–Kier alpha value is -0.0800. The van der Waals surface area contributed by atoms with Gasteiger partial charge in [0.2, 0.25) is 0 Å². The third-order valence-electron chi connectivity index (χ3n) is 3.20. The molecule has 2 rings (SSSR count). The Bertz CT molecular complexity index is 104. The van der Waals surface area contributed by atoms with Gasteiger partial charge in [0.05, 0.1) is 6.10 Å². The molecule has 2 aliphatic rings. The van der Waals surface area contributed by atoms with E-state index in [-0.39, 0.29) is 6.10 Å². The maximum absolute atomic E-state index is 8.19. The van der Waals surface area contributed by atoms with Crippen LogP contribution in [0.4, 0.5) is 0 Å². The fraction of sp³-hybridized carbons (Fsp3) is 1.00. The van der Waals surface area contributed by atoms with Crippen LogP contribution in [-0.4, -0.2) is 11.4 Å². The van der Waals surface area contributed by atoms with E-state index < -0.39 is 0 Å². The third-order valence-corrected chi connectivity index (χ3v) is 3.20. The molecule has 0 unspecified atom stereocenters. The highest BCUT2D eigenvalue weighted by Gasteiger charge is 2.12. The van der Waals surface area contributed by atoms with Gasteiger partial charge in [0, 0.05) is 0 Å². The number of rotatable bonds is 1. The summed E-state index contributed by atoms with van der Waals surface area (Å²) in [6, 6.07) is 0. The van der Waals surface area contributed by atoms with Crippen LogP contribution < -0.4 is 0 Å². The standard InChI is InChI=1S/C6H12O2.C6H12/c7-8-6-4-2-1-3-5-6;1-2-4-6-5-3-1/h6-7H,1-5H2;1-6H2. The predicted octanol–water partition coefficient (Wildman–Crippen LogP) is 4.15. The molecule has 0 spiro atoms. The van der Waals surface area contributed by atoms with E-state index in [1.54, 1.807) is 0 Å². The van der Waals surface area contributed by atoms with Gasteiger partial charge >= 0.3 is 0 Å². The van der Waals surface area contributed by atoms with Gasteiger partial charge in [0.15, 0.2) is 0 Å². The Labute approximate surface area is 87.6 Å². The molecule has 0 heterocycles. The Morgan fingerprint density at radius 3 is 1.29 bits per heavy atom. The van der Waals surface area contributed by atoms with Crippen molar-refractivity contribution in [3.63, 3.8) is 0 Å². The lowest BCUT2D eigenvalue weighted by atomic mass is 9.98. The minimum atomic E-state index is 0.142. The van der Waals surface area contributed by atoms with Gasteiger partial charge in [-0.05, 0) is 12.8 Å². The molecule has 84 valence electrons. The fourth-order valence-electron chi connectivity index (χ4n) is 2.23. The van der Waals surface area contributed by atoms with E-state index in [1.807, 2.05) is 0 Å². The van der Waals surface area contributed by atoms with Crippen molar-refractivity contribution in [3.8, 4) is 0 Å². The van der Waals surface area contributed by atoms with Gasteiger partial charge in [0.25, 0.3) is 0 Å². The van der Waals surface area contributed by atoms with E-state index in [0.29, 0.717) is 0 Å². The summed E-state index contributed by atoms with van der Waals surface area (Å²) in [5.41, 5.74) is 0. The van der Waals surface area contributed by atoms with Crippen LogP contribution in [-0.2, 0) is 4.89 Å². The minimum Gasteiger partial charge on any atom is -0.252 e. The molecular weight excluding hydrogens is 176 g/mol. The first-order valence-corrected chi connectivity index (χ1v) is 6.23. The summed E-state index contributed by atoms with van der Waals surface area (Å²) in [4.78, 5) is 4.19. The molecule has 0 aromatic rings. The van der Waals surface area contributed by atoms with E-state index in [9.17, 15) is 0 Å². The summed E-state index contributed by atoms with van der Waals surface area (Å²) in [5, 5.41) is 8.19. The minimum absolute atomic E-state index is 0.142. The molecule has 2 aliphatic carbocycles. The van der Waals surface area contributed by atoms with E-state index in [1.165, 1.54) is 57.8 Å². The monoisotopic (exact) mass is 200 g/mol. The highest BCUT2D eigenvalue weighted by Crippen LogP contribution is 2.18. The molecule has 0 aromatic heterocycles. The Balaban J connectivity index is 0.000000146. The first-order chi connectivity index (χ1) is 6.93. The summed E-state index contributed by atoms with van der Waals surface area (Å²) in [6.07, 6.45) is 15.0. The van der Waals surface area contributed by atoms with Crippen molar-refractivity contribution in [2.45, 2.75) is 76.7 Å². The lowest BCUT2D eigenvalue weighted by Crippen LogP contribution is -2.14. The zero-order valence-electron chi connectivity index (χ0n) is 9.21. The van der Waals surface area contributed by atoms with Crippen LogP contribution in [0.5, 0.6) is 0 Å². The highest BCUT2D eigenvalue weighted by molar-refractivity contribution is 4.62. The first-order valence-electron chi connectivity index (χ1n) is 6.23.